The van der Waals surface area contributed by atoms with E-state index >= 15 is 0 Å². The minimum atomic E-state index is -0.923. The number of hydrogen-bond acceptors (Lipinski definition) is 5. The molecular weight excluding hydrogens is 282 g/mol. The van der Waals surface area contributed by atoms with Crippen molar-refractivity contribution in [2.24, 2.45) is 5.73 Å². The molecule has 4 N–H and O–H groups in total. The number of nitrogens with two attached hydrogens (primary N) is 1. The molecule has 0 radical (unpaired) electrons. The van der Waals surface area contributed by atoms with Gasteiger partial charge in [-0.1, -0.05) is 6.92 Å². The van der Waals surface area contributed by atoms with Gasteiger partial charge in [0.05, 0.1) is 11.0 Å². The molecule has 0 saturated heterocycles. The predicted octanol–water partition coefficient (Wildman–Crippen LogP) is 1.88. The largest absolute Gasteiger partial charge is 0.368 e. The lowest BCUT2D eigenvalue weighted by atomic mass is 10.1. The predicted molar refractivity (Wildman–Crippen MR) is 84.8 cm³/mol. The molecule has 22 heavy (non-hydrogen) atoms. The van der Waals surface area contributed by atoms with Crippen LogP contribution in [0.2, 0.25) is 0 Å². The highest BCUT2D eigenvalue weighted by Crippen LogP contribution is 2.20. The molecule has 0 saturated carbocycles. The molecule has 0 aliphatic carbocycles. The summed E-state index contributed by atoms with van der Waals surface area (Å²) in [6.07, 6.45) is 0.865. The van der Waals surface area contributed by atoms with E-state index in [4.69, 9.17) is 5.73 Å². The van der Waals surface area contributed by atoms with E-state index in [9.17, 15) is 9.59 Å². The molecule has 0 aliphatic heterocycles. The second-order valence-electron chi connectivity index (χ2n) is 5.09. The van der Waals surface area contributed by atoms with Gasteiger partial charge in [-0.2, -0.15) is 0 Å². The van der Waals surface area contributed by atoms with Gasteiger partial charge in [0.15, 0.2) is 11.5 Å². The van der Waals surface area contributed by atoms with Crippen molar-refractivity contribution in [1.29, 1.82) is 0 Å². The van der Waals surface area contributed by atoms with Crippen LogP contribution in [0.1, 0.15) is 35.0 Å². The van der Waals surface area contributed by atoms with Crippen molar-refractivity contribution in [2.75, 3.05) is 11.9 Å². The highest BCUT2D eigenvalue weighted by Gasteiger charge is 2.18. The van der Waals surface area contributed by atoms with Crippen LogP contribution >= 0.6 is 0 Å². The number of hydrogen-bond donors (Lipinski definition) is 3. The van der Waals surface area contributed by atoms with Crippen LogP contribution in [0.15, 0.2) is 12.1 Å². The average Bonchev–Trinajstić information content (AvgIpc) is 2.45. The van der Waals surface area contributed by atoms with Gasteiger partial charge in [-0.05, 0) is 43.5 Å². The van der Waals surface area contributed by atoms with Gasteiger partial charge in [-0.25, -0.2) is 14.8 Å². The monoisotopic (exact) mass is 301 g/mol. The summed E-state index contributed by atoms with van der Waals surface area (Å²) in [7, 11) is 0. The van der Waals surface area contributed by atoms with Gasteiger partial charge in [0.25, 0.3) is 5.91 Å². The highest BCUT2D eigenvalue weighted by molar-refractivity contribution is 6.06. The molecule has 7 nitrogen and oxygen atoms in total. The SMILES string of the molecule is CCCNc1nc2cc(C)c(C)cc2nc1C(=O)NC(N)=O. The topological polar surface area (TPSA) is 110 Å². The third kappa shape index (κ3) is 3.30. The molecule has 1 aromatic carbocycles. The summed E-state index contributed by atoms with van der Waals surface area (Å²) in [6.45, 7) is 6.59. The van der Waals surface area contributed by atoms with Gasteiger partial charge in [-0.15, -0.1) is 0 Å². The molecule has 3 amide bonds. The van der Waals surface area contributed by atoms with Crippen molar-refractivity contribution in [3.8, 4) is 0 Å². The van der Waals surface area contributed by atoms with Gasteiger partial charge in [0.1, 0.15) is 0 Å². The van der Waals surface area contributed by atoms with Gasteiger partial charge >= 0.3 is 6.03 Å². The van der Waals surface area contributed by atoms with Gasteiger partial charge in [0, 0.05) is 6.54 Å². The first-order valence-corrected chi connectivity index (χ1v) is 7.06. The molecule has 7 heteroatoms. The van der Waals surface area contributed by atoms with Crippen molar-refractivity contribution < 1.29 is 9.59 Å². The van der Waals surface area contributed by atoms with Crippen molar-refractivity contribution in [2.45, 2.75) is 27.2 Å². The summed E-state index contributed by atoms with van der Waals surface area (Å²) in [5, 5.41) is 5.08. The van der Waals surface area contributed by atoms with Crippen LogP contribution in [0.5, 0.6) is 0 Å². The Kier molecular flexibility index (Phi) is 4.55. The fourth-order valence-electron chi connectivity index (χ4n) is 2.01. The van der Waals surface area contributed by atoms with Crippen LogP contribution in [0.4, 0.5) is 10.6 Å². The molecule has 0 atom stereocenters. The standard InChI is InChI=1S/C15H19N5O2/c1-4-5-17-13-12(14(21)20-15(16)22)18-10-6-8(2)9(3)7-11(10)19-13/h6-7H,4-5H2,1-3H3,(H,17,19)(H3,16,20,21,22). The molecule has 0 aliphatic rings. The number of amides is 3. The molecule has 1 heterocycles. The summed E-state index contributed by atoms with van der Waals surface area (Å²) < 4.78 is 0. The van der Waals surface area contributed by atoms with Crippen LogP contribution in [0.3, 0.4) is 0 Å². The Bertz CT molecular complexity index is 742. The van der Waals surface area contributed by atoms with Crippen molar-refractivity contribution >= 4 is 28.8 Å². The number of urea groups is 1. The fraction of sp³-hybridized carbons (Fsp3) is 0.333. The van der Waals surface area contributed by atoms with E-state index in [1.54, 1.807) is 0 Å². The molecule has 2 rings (SSSR count). The zero-order valence-corrected chi connectivity index (χ0v) is 12.9. The number of nitrogens with one attached hydrogen (secondary N) is 2. The van der Waals surface area contributed by atoms with Crippen molar-refractivity contribution in [3.05, 3.63) is 29.0 Å². The number of primary amides is 1. The number of rotatable bonds is 4. The zero-order chi connectivity index (χ0) is 16.3. The summed E-state index contributed by atoms with van der Waals surface area (Å²) in [5.74, 6) is -0.324. The van der Waals surface area contributed by atoms with E-state index in [1.165, 1.54) is 0 Å². The molecular formula is C15H19N5O2. The lowest BCUT2D eigenvalue weighted by Gasteiger charge is -2.11. The molecule has 0 unspecified atom stereocenters. The van der Waals surface area contributed by atoms with Crippen LogP contribution in [-0.4, -0.2) is 28.5 Å². The molecule has 0 bridgehead atoms. The first-order chi connectivity index (χ1) is 10.4. The van der Waals surface area contributed by atoms with Crippen molar-refractivity contribution in [3.63, 3.8) is 0 Å². The van der Waals surface area contributed by atoms with E-state index in [-0.39, 0.29) is 5.69 Å². The van der Waals surface area contributed by atoms with E-state index in [1.807, 2.05) is 38.2 Å². The summed E-state index contributed by atoms with van der Waals surface area (Å²) in [6, 6.07) is 2.86. The molecule has 0 spiro atoms. The first kappa shape index (κ1) is 15.7. The number of aromatic nitrogens is 2. The Labute approximate surface area is 128 Å². The number of benzene rings is 1. The minimum absolute atomic E-state index is 0.0583. The highest BCUT2D eigenvalue weighted by atomic mass is 16.2. The Morgan fingerprint density at radius 2 is 1.73 bits per heavy atom. The van der Waals surface area contributed by atoms with E-state index in [0.717, 1.165) is 17.5 Å². The number of nitrogens with zero attached hydrogens (tertiary/aromatic N) is 2. The Balaban J connectivity index is 2.56. The normalized spacial score (nSPS) is 10.5. The lowest BCUT2D eigenvalue weighted by molar-refractivity contribution is 0.0962. The summed E-state index contributed by atoms with van der Waals surface area (Å²) >= 11 is 0. The number of carbonyl (C=O) groups excluding carboxylic acids is 2. The maximum Gasteiger partial charge on any atom is 0.319 e. The average molecular weight is 301 g/mol. The Morgan fingerprint density at radius 3 is 2.27 bits per heavy atom. The summed E-state index contributed by atoms with van der Waals surface area (Å²) in [5.41, 5.74) is 8.49. The Morgan fingerprint density at radius 1 is 1.14 bits per heavy atom. The molecule has 0 fully saturated rings. The molecule has 1 aromatic heterocycles. The molecule has 2 aromatic rings. The van der Waals surface area contributed by atoms with E-state index in [2.05, 4.69) is 15.3 Å². The third-order valence-corrected chi connectivity index (χ3v) is 3.27. The number of anilines is 1. The van der Waals surface area contributed by atoms with Crippen LogP contribution in [0.25, 0.3) is 11.0 Å². The molecule has 116 valence electrons. The van der Waals surface area contributed by atoms with E-state index < -0.39 is 11.9 Å². The maximum atomic E-state index is 12.1. The smallest absolute Gasteiger partial charge is 0.319 e. The van der Waals surface area contributed by atoms with Gasteiger partial charge < -0.3 is 11.1 Å². The minimum Gasteiger partial charge on any atom is -0.368 e. The second kappa shape index (κ2) is 6.38. The second-order valence-corrected chi connectivity index (χ2v) is 5.09. The van der Waals surface area contributed by atoms with Crippen LogP contribution < -0.4 is 16.4 Å². The number of aryl methyl sites for hydroxylation is 2. The zero-order valence-electron chi connectivity index (χ0n) is 12.9. The van der Waals surface area contributed by atoms with Crippen LogP contribution in [-0.2, 0) is 0 Å². The van der Waals surface area contributed by atoms with Gasteiger partial charge in [0.2, 0.25) is 0 Å². The maximum absolute atomic E-state index is 12.1. The fourth-order valence-corrected chi connectivity index (χ4v) is 2.01. The Hall–Kier alpha value is -2.70. The first-order valence-electron chi connectivity index (χ1n) is 7.06. The van der Waals surface area contributed by atoms with Gasteiger partial charge in [-0.3, -0.25) is 10.1 Å². The lowest BCUT2D eigenvalue weighted by Crippen LogP contribution is -2.36. The van der Waals surface area contributed by atoms with E-state index in [0.29, 0.717) is 23.4 Å². The number of fused-ring (bicyclic) bond motifs is 1. The van der Waals surface area contributed by atoms with Crippen LogP contribution in [0, 0.1) is 13.8 Å². The number of carbonyl (C=O) groups is 2. The quantitative estimate of drug-likeness (QED) is 0.798. The van der Waals surface area contributed by atoms with Crippen molar-refractivity contribution in [1.82, 2.24) is 15.3 Å². The third-order valence-electron chi connectivity index (χ3n) is 3.27. The number of imide groups is 1. The summed E-state index contributed by atoms with van der Waals surface area (Å²) in [4.78, 5) is 31.8.